The Hall–Kier alpha value is -0.820. The van der Waals surface area contributed by atoms with E-state index in [-0.39, 0.29) is 23.6 Å². The molecule has 0 spiro atoms. The van der Waals surface area contributed by atoms with Gasteiger partial charge in [0.25, 0.3) is 0 Å². The van der Waals surface area contributed by atoms with Gasteiger partial charge in [-0.25, -0.2) is 12.7 Å². The molecule has 1 aromatic carbocycles. The van der Waals surface area contributed by atoms with Gasteiger partial charge < -0.3 is 5.32 Å². The Morgan fingerprint density at radius 3 is 2.36 bits per heavy atom. The van der Waals surface area contributed by atoms with Crippen LogP contribution in [0.15, 0.2) is 18.2 Å². The monoisotopic (exact) mass is 406 g/mol. The SMILES string of the molecule is CC[C@H](C)NC(=O)C1CCN(S(=O)(=O)Cc2c(Cl)cccc2Cl)CC1. The third-order valence-corrected chi connectivity index (χ3v) is 7.12. The predicted octanol–water partition coefficient (Wildman–Crippen LogP) is 3.45. The van der Waals surface area contributed by atoms with Crippen molar-refractivity contribution in [1.82, 2.24) is 9.62 Å². The van der Waals surface area contributed by atoms with Crippen molar-refractivity contribution in [3.05, 3.63) is 33.8 Å². The summed E-state index contributed by atoms with van der Waals surface area (Å²) < 4.78 is 26.8. The van der Waals surface area contributed by atoms with Crippen LogP contribution in [0, 0.1) is 5.92 Å². The molecule has 1 heterocycles. The van der Waals surface area contributed by atoms with Gasteiger partial charge in [0, 0.05) is 40.7 Å². The molecule has 1 aromatic rings. The molecule has 8 heteroatoms. The number of rotatable bonds is 6. The molecule has 1 fully saturated rings. The van der Waals surface area contributed by atoms with Crippen molar-refractivity contribution < 1.29 is 13.2 Å². The predicted molar refractivity (Wildman–Crippen MR) is 101 cm³/mol. The summed E-state index contributed by atoms with van der Waals surface area (Å²) in [5.41, 5.74) is 0.419. The zero-order valence-electron chi connectivity index (χ0n) is 14.5. The van der Waals surface area contributed by atoms with Gasteiger partial charge >= 0.3 is 0 Å². The molecule has 0 unspecified atom stereocenters. The standard InChI is InChI=1S/C17H24Cl2N2O3S/c1-3-12(2)20-17(22)13-7-9-21(10-8-13)25(23,24)11-14-15(18)5-4-6-16(14)19/h4-6,12-13H,3,7-11H2,1-2H3,(H,20,22)/t12-/m0/s1. The second kappa shape index (κ2) is 8.71. The first-order valence-corrected chi connectivity index (χ1v) is 10.8. The lowest BCUT2D eigenvalue weighted by Crippen LogP contribution is -2.45. The summed E-state index contributed by atoms with van der Waals surface area (Å²) in [4.78, 5) is 12.2. The Morgan fingerprint density at radius 2 is 1.84 bits per heavy atom. The molecule has 1 aliphatic heterocycles. The minimum absolute atomic E-state index is 0.0144. The molecule has 0 aliphatic carbocycles. The maximum Gasteiger partial charge on any atom is 0.223 e. The number of piperidine rings is 1. The highest BCUT2D eigenvalue weighted by Crippen LogP contribution is 2.29. The molecule has 1 saturated heterocycles. The van der Waals surface area contributed by atoms with E-state index in [0.29, 0.717) is 41.5 Å². The van der Waals surface area contributed by atoms with E-state index in [9.17, 15) is 13.2 Å². The van der Waals surface area contributed by atoms with Crippen molar-refractivity contribution in [3.8, 4) is 0 Å². The van der Waals surface area contributed by atoms with Crippen LogP contribution in [0.4, 0.5) is 0 Å². The molecule has 0 aromatic heterocycles. The van der Waals surface area contributed by atoms with Gasteiger partial charge in [-0.1, -0.05) is 36.2 Å². The van der Waals surface area contributed by atoms with Crippen molar-refractivity contribution in [2.24, 2.45) is 5.92 Å². The highest BCUT2D eigenvalue weighted by atomic mass is 35.5. The minimum atomic E-state index is -3.53. The molecule has 140 valence electrons. The molecule has 5 nitrogen and oxygen atoms in total. The minimum Gasteiger partial charge on any atom is -0.353 e. The van der Waals surface area contributed by atoms with Crippen molar-refractivity contribution in [1.29, 1.82) is 0 Å². The highest BCUT2D eigenvalue weighted by molar-refractivity contribution is 7.88. The molecule has 1 atom stereocenters. The van der Waals surface area contributed by atoms with Crippen LogP contribution in [-0.4, -0.2) is 37.8 Å². The van der Waals surface area contributed by atoms with Crippen molar-refractivity contribution in [2.75, 3.05) is 13.1 Å². The maximum atomic E-state index is 12.7. The Morgan fingerprint density at radius 1 is 1.28 bits per heavy atom. The summed E-state index contributed by atoms with van der Waals surface area (Å²) in [6.07, 6.45) is 1.92. The Balaban J connectivity index is 1.98. The van der Waals surface area contributed by atoms with E-state index in [1.54, 1.807) is 18.2 Å². The first kappa shape index (κ1) is 20.5. The van der Waals surface area contributed by atoms with E-state index in [4.69, 9.17) is 23.2 Å². The van der Waals surface area contributed by atoms with Crippen LogP contribution in [0.2, 0.25) is 10.0 Å². The molecule has 1 amide bonds. The van der Waals surface area contributed by atoms with Gasteiger partial charge in [-0.05, 0) is 38.3 Å². The summed E-state index contributed by atoms with van der Waals surface area (Å²) in [7, 11) is -3.53. The lowest BCUT2D eigenvalue weighted by atomic mass is 9.97. The van der Waals surface area contributed by atoms with Crippen LogP contribution in [0.25, 0.3) is 0 Å². The molecule has 0 radical (unpaired) electrons. The third kappa shape index (κ3) is 5.33. The molecular formula is C17H24Cl2N2O3S. The zero-order chi connectivity index (χ0) is 18.6. The average molecular weight is 407 g/mol. The fourth-order valence-corrected chi connectivity index (χ4v) is 5.12. The molecule has 0 saturated carbocycles. The average Bonchev–Trinajstić information content (AvgIpc) is 2.58. The number of nitrogens with one attached hydrogen (secondary N) is 1. The summed E-state index contributed by atoms with van der Waals surface area (Å²) in [5.74, 6) is -0.347. The fraction of sp³-hybridized carbons (Fsp3) is 0.588. The molecule has 2 rings (SSSR count). The Kier molecular flexibility index (Phi) is 7.14. The number of carbonyl (C=O) groups is 1. The topological polar surface area (TPSA) is 66.5 Å². The number of amides is 1. The van der Waals surface area contributed by atoms with E-state index in [1.807, 2.05) is 13.8 Å². The van der Waals surface area contributed by atoms with Gasteiger partial charge in [0.05, 0.1) is 5.75 Å². The Labute approximate surface area is 159 Å². The quantitative estimate of drug-likeness (QED) is 0.786. The second-order valence-electron chi connectivity index (χ2n) is 6.45. The van der Waals surface area contributed by atoms with Gasteiger partial charge in [-0.2, -0.15) is 0 Å². The van der Waals surface area contributed by atoms with Crippen molar-refractivity contribution >= 4 is 39.1 Å². The summed E-state index contributed by atoms with van der Waals surface area (Å²) in [5, 5.41) is 3.66. The van der Waals surface area contributed by atoms with Crippen molar-refractivity contribution in [2.45, 2.75) is 44.9 Å². The first-order chi connectivity index (χ1) is 11.7. The smallest absolute Gasteiger partial charge is 0.223 e. The van der Waals surface area contributed by atoms with Crippen LogP contribution in [0.5, 0.6) is 0 Å². The molecular weight excluding hydrogens is 383 g/mol. The molecule has 1 N–H and O–H groups in total. The second-order valence-corrected chi connectivity index (χ2v) is 9.23. The number of halogens is 2. The third-order valence-electron chi connectivity index (χ3n) is 4.61. The number of sulfonamides is 1. The number of nitrogens with zero attached hydrogens (tertiary/aromatic N) is 1. The highest BCUT2D eigenvalue weighted by Gasteiger charge is 2.32. The maximum absolute atomic E-state index is 12.7. The van der Waals surface area contributed by atoms with Gasteiger partial charge in [0.2, 0.25) is 15.9 Å². The number of carbonyl (C=O) groups excluding carboxylic acids is 1. The largest absolute Gasteiger partial charge is 0.353 e. The first-order valence-electron chi connectivity index (χ1n) is 8.45. The van der Waals surface area contributed by atoms with E-state index in [1.165, 1.54) is 4.31 Å². The van der Waals surface area contributed by atoms with Gasteiger partial charge in [-0.15, -0.1) is 0 Å². The normalized spacial score (nSPS) is 18.1. The van der Waals surface area contributed by atoms with E-state index >= 15 is 0 Å². The van der Waals surface area contributed by atoms with Crippen LogP contribution in [-0.2, 0) is 20.6 Å². The summed E-state index contributed by atoms with van der Waals surface area (Å²) in [6.45, 7) is 4.65. The van der Waals surface area contributed by atoms with E-state index < -0.39 is 10.0 Å². The van der Waals surface area contributed by atoms with E-state index in [0.717, 1.165) is 6.42 Å². The fourth-order valence-electron chi connectivity index (χ4n) is 2.80. The van der Waals surface area contributed by atoms with Crippen LogP contribution in [0.3, 0.4) is 0 Å². The number of hydrogen-bond donors (Lipinski definition) is 1. The summed E-state index contributed by atoms with van der Waals surface area (Å²) >= 11 is 12.2. The van der Waals surface area contributed by atoms with Gasteiger partial charge in [-0.3, -0.25) is 4.79 Å². The van der Waals surface area contributed by atoms with Crippen LogP contribution >= 0.6 is 23.2 Å². The Bertz CT molecular complexity index is 696. The van der Waals surface area contributed by atoms with Crippen LogP contribution in [0.1, 0.15) is 38.7 Å². The van der Waals surface area contributed by atoms with Crippen molar-refractivity contribution in [3.63, 3.8) is 0 Å². The molecule has 1 aliphatic rings. The number of benzene rings is 1. The molecule has 25 heavy (non-hydrogen) atoms. The lowest BCUT2D eigenvalue weighted by Gasteiger charge is -2.31. The number of hydrogen-bond acceptors (Lipinski definition) is 3. The van der Waals surface area contributed by atoms with Crippen LogP contribution < -0.4 is 5.32 Å². The lowest BCUT2D eigenvalue weighted by molar-refractivity contribution is -0.126. The zero-order valence-corrected chi connectivity index (χ0v) is 16.8. The van der Waals surface area contributed by atoms with E-state index in [2.05, 4.69) is 5.32 Å². The molecule has 0 bridgehead atoms. The summed E-state index contributed by atoms with van der Waals surface area (Å²) in [6, 6.07) is 5.08. The van der Waals surface area contributed by atoms with Gasteiger partial charge in [0.15, 0.2) is 0 Å². The van der Waals surface area contributed by atoms with Gasteiger partial charge in [0.1, 0.15) is 0 Å².